The summed E-state index contributed by atoms with van der Waals surface area (Å²) in [6.07, 6.45) is 8.69. The maximum atomic E-state index is 12.8. The Morgan fingerprint density at radius 1 is 1.08 bits per heavy atom. The van der Waals surface area contributed by atoms with E-state index in [2.05, 4.69) is 0 Å². The fraction of sp³-hybridized carbons (Fsp3) is 0.524. The van der Waals surface area contributed by atoms with Crippen LogP contribution in [0.4, 0.5) is 0 Å². The minimum absolute atomic E-state index is 0.0950. The first-order valence-electron chi connectivity index (χ1n) is 9.65. The number of piperidine rings is 1. The first-order chi connectivity index (χ1) is 12.7. The van der Waals surface area contributed by atoms with Gasteiger partial charge in [-0.3, -0.25) is 9.59 Å². The number of rotatable bonds is 3. The van der Waals surface area contributed by atoms with Crippen molar-refractivity contribution in [3.63, 3.8) is 0 Å². The monoisotopic (exact) mass is 370 g/mol. The topological polar surface area (TPSA) is 40.6 Å². The van der Waals surface area contributed by atoms with Gasteiger partial charge in [0.2, 0.25) is 11.8 Å². The quantitative estimate of drug-likeness (QED) is 0.766. The molecule has 2 saturated heterocycles. The van der Waals surface area contributed by atoms with E-state index in [1.807, 2.05) is 58.0 Å². The Kier molecular flexibility index (Phi) is 5.07. The van der Waals surface area contributed by atoms with Crippen LogP contribution in [0.15, 0.2) is 36.4 Å². The Morgan fingerprint density at radius 3 is 2.46 bits per heavy atom. The van der Waals surface area contributed by atoms with Gasteiger partial charge in [-0.15, -0.1) is 11.8 Å². The van der Waals surface area contributed by atoms with Crippen LogP contribution in [0.3, 0.4) is 0 Å². The predicted molar refractivity (Wildman–Crippen MR) is 106 cm³/mol. The lowest BCUT2D eigenvalue weighted by atomic mass is 9.84. The van der Waals surface area contributed by atoms with Crippen molar-refractivity contribution in [1.82, 2.24) is 9.80 Å². The fourth-order valence-electron chi connectivity index (χ4n) is 4.15. The van der Waals surface area contributed by atoms with Crippen LogP contribution in [0.25, 0.3) is 6.08 Å². The van der Waals surface area contributed by atoms with E-state index in [-0.39, 0.29) is 16.7 Å². The second-order valence-corrected chi connectivity index (χ2v) is 8.94. The summed E-state index contributed by atoms with van der Waals surface area (Å²) in [5, 5.41) is 0. The number of likely N-dealkylation sites (tertiary alicyclic amines) is 1. The summed E-state index contributed by atoms with van der Waals surface area (Å²) in [6.45, 7) is 2.38. The number of carbonyl (C=O) groups is 2. The zero-order chi connectivity index (χ0) is 18.0. The maximum absolute atomic E-state index is 12.8. The second-order valence-electron chi connectivity index (χ2n) is 7.48. The number of benzene rings is 1. The zero-order valence-electron chi connectivity index (χ0n) is 15.1. The minimum Gasteiger partial charge on any atom is -0.342 e. The number of carbonyl (C=O) groups excluding carboxylic acids is 2. The molecule has 138 valence electrons. The Morgan fingerprint density at radius 2 is 1.81 bits per heavy atom. The van der Waals surface area contributed by atoms with Crippen LogP contribution < -0.4 is 0 Å². The Balaban J connectivity index is 1.39. The standard InChI is InChI=1S/C21H26N2O2S/c24-19(10-9-17-5-2-1-3-6-17)23-15-16-26-21(23)11-13-22(14-12-21)20(25)18-7-4-8-18/h1-3,5-6,9-10,18H,4,7-8,11-16H2/b10-9+. The van der Waals surface area contributed by atoms with Crippen LogP contribution in [0, 0.1) is 5.92 Å². The van der Waals surface area contributed by atoms with Crippen molar-refractivity contribution >= 4 is 29.7 Å². The lowest BCUT2D eigenvalue weighted by Crippen LogP contribution is -2.54. The van der Waals surface area contributed by atoms with Crippen molar-refractivity contribution < 1.29 is 9.59 Å². The molecule has 1 saturated carbocycles. The number of hydrogen-bond acceptors (Lipinski definition) is 3. The van der Waals surface area contributed by atoms with Gasteiger partial charge >= 0.3 is 0 Å². The summed E-state index contributed by atoms with van der Waals surface area (Å²) in [6, 6.07) is 9.94. The molecule has 0 atom stereocenters. The number of amides is 2. The van der Waals surface area contributed by atoms with Crippen LogP contribution in [-0.2, 0) is 9.59 Å². The van der Waals surface area contributed by atoms with Gasteiger partial charge in [-0.25, -0.2) is 0 Å². The largest absolute Gasteiger partial charge is 0.342 e. The summed E-state index contributed by atoms with van der Waals surface area (Å²) < 4.78 is 0. The predicted octanol–water partition coefficient (Wildman–Crippen LogP) is 3.39. The highest BCUT2D eigenvalue weighted by Crippen LogP contribution is 2.44. The van der Waals surface area contributed by atoms with Crippen LogP contribution in [0.2, 0.25) is 0 Å². The number of thioether (sulfide) groups is 1. The summed E-state index contributed by atoms with van der Waals surface area (Å²) >= 11 is 1.90. The van der Waals surface area contributed by atoms with E-state index < -0.39 is 0 Å². The van der Waals surface area contributed by atoms with Gasteiger partial charge in [0.25, 0.3) is 0 Å². The molecule has 1 aromatic rings. The average Bonchev–Trinajstić information content (AvgIpc) is 3.03. The van der Waals surface area contributed by atoms with E-state index in [4.69, 9.17) is 0 Å². The normalized spacial score (nSPS) is 22.8. The molecule has 26 heavy (non-hydrogen) atoms. The van der Waals surface area contributed by atoms with E-state index in [0.29, 0.717) is 5.91 Å². The van der Waals surface area contributed by atoms with Gasteiger partial charge in [0, 0.05) is 37.4 Å². The molecule has 0 unspecified atom stereocenters. The van der Waals surface area contributed by atoms with Gasteiger partial charge in [0.05, 0.1) is 4.87 Å². The van der Waals surface area contributed by atoms with Gasteiger partial charge < -0.3 is 9.80 Å². The Bertz CT molecular complexity index is 691. The molecular formula is C21H26N2O2S. The molecule has 4 rings (SSSR count). The Labute approximate surface area is 159 Å². The van der Waals surface area contributed by atoms with Gasteiger partial charge in [0.1, 0.15) is 0 Å². The lowest BCUT2D eigenvalue weighted by molar-refractivity contribution is -0.140. The third kappa shape index (κ3) is 3.41. The first-order valence-corrected chi connectivity index (χ1v) is 10.6. The van der Waals surface area contributed by atoms with Gasteiger partial charge in [-0.2, -0.15) is 0 Å². The molecule has 0 aromatic heterocycles. The third-order valence-corrected chi connectivity index (χ3v) is 7.52. The second kappa shape index (κ2) is 7.47. The molecule has 2 amide bonds. The van der Waals surface area contributed by atoms with Crippen molar-refractivity contribution in [2.24, 2.45) is 5.92 Å². The van der Waals surface area contributed by atoms with Crippen LogP contribution in [-0.4, -0.2) is 51.9 Å². The molecule has 0 N–H and O–H groups in total. The summed E-state index contributed by atoms with van der Waals surface area (Å²) in [5.41, 5.74) is 1.04. The van der Waals surface area contributed by atoms with Crippen LogP contribution in [0.1, 0.15) is 37.7 Å². The SMILES string of the molecule is O=C(C1CCC1)N1CCC2(CC1)SCCN2C(=O)/C=C/c1ccccc1. The van der Waals surface area contributed by atoms with Crippen LogP contribution >= 0.6 is 11.8 Å². The van der Waals surface area contributed by atoms with E-state index in [0.717, 1.165) is 56.6 Å². The minimum atomic E-state index is -0.117. The van der Waals surface area contributed by atoms with E-state index >= 15 is 0 Å². The van der Waals surface area contributed by atoms with Crippen molar-refractivity contribution in [3.05, 3.63) is 42.0 Å². The van der Waals surface area contributed by atoms with Gasteiger partial charge in [-0.05, 0) is 37.3 Å². The highest BCUT2D eigenvalue weighted by Gasteiger charge is 2.47. The smallest absolute Gasteiger partial charge is 0.247 e. The van der Waals surface area contributed by atoms with Crippen molar-refractivity contribution in [2.75, 3.05) is 25.4 Å². The average molecular weight is 371 g/mol. The van der Waals surface area contributed by atoms with Gasteiger partial charge in [-0.1, -0.05) is 36.8 Å². The zero-order valence-corrected chi connectivity index (χ0v) is 15.9. The van der Waals surface area contributed by atoms with Crippen molar-refractivity contribution in [2.45, 2.75) is 37.0 Å². The molecule has 3 fully saturated rings. The molecule has 0 bridgehead atoms. The third-order valence-electron chi connectivity index (χ3n) is 5.97. The molecule has 3 aliphatic rings. The molecule has 4 nitrogen and oxygen atoms in total. The fourth-order valence-corrected chi connectivity index (χ4v) is 5.61. The lowest BCUT2D eigenvalue weighted by Gasteiger charge is -2.45. The highest BCUT2D eigenvalue weighted by atomic mass is 32.2. The molecular weight excluding hydrogens is 344 g/mol. The van der Waals surface area contributed by atoms with Crippen LogP contribution in [0.5, 0.6) is 0 Å². The van der Waals surface area contributed by atoms with Crippen molar-refractivity contribution in [1.29, 1.82) is 0 Å². The molecule has 1 aromatic carbocycles. The summed E-state index contributed by atoms with van der Waals surface area (Å²) in [5.74, 6) is 1.70. The number of hydrogen-bond donors (Lipinski definition) is 0. The Hall–Kier alpha value is -1.75. The summed E-state index contributed by atoms with van der Waals surface area (Å²) in [4.78, 5) is 29.3. The maximum Gasteiger partial charge on any atom is 0.247 e. The van der Waals surface area contributed by atoms with Gasteiger partial charge in [0.15, 0.2) is 0 Å². The van der Waals surface area contributed by atoms with E-state index in [1.54, 1.807) is 6.08 Å². The molecule has 2 aliphatic heterocycles. The first kappa shape index (κ1) is 17.7. The van der Waals surface area contributed by atoms with Crippen molar-refractivity contribution in [3.8, 4) is 0 Å². The summed E-state index contributed by atoms with van der Waals surface area (Å²) in [7, 11) is 0. The number of nitrogens with zero attached hydrogens (tertiary/aromatic N) is 2. The molecule has 1 aliphatic carbocycles. The van der Waals surface area contributed by atoms with E-state index in [9.17, 15) is 9.59 Å². The molecule has 2 heterocycles. The molecule has 5 heteroatoms. The van der Waals surface area contributed by atoms with E-state index in [1.165, 1.54) is 6.42 Å². The molecule has 0 radical (unpaired) electrons. The highest BCUT2D eigenvalue weighted by molar-refractivity contribution is 8.00. The molecule has 1 spiro atoms.